The lowest BCUT2D eigenvalue weighted by Crippen LogP contribution is -2.32. The number of hydrogen-bond acceptors (Lipinski definition) is 4. The van der Waals surface area contributed by atoms with Crippen molar-refractivity contribution in [3.05, 3.63) is 0 Å². The first-order chi connectivity index (χ1) is 7.38. The van der Waals surface area contributed by atoms with Crippen molar-refractivity contribution < 1.29 is 32.6 Å². The van der Waals surface area contributed by atoms with Gasteiger partial charge in [-0.2, -0.15) is 18.7 Å². The van der Waals surface area contributed by atoms with Crippen molar-refractivity contribution in [2.45, 2.75) is 31.2 Å². The summed E-state index contributed by atoms with van der Waals surface area (Å²) < 4.78 is 40.0. The van der Waals surface area contributed by atoms with Gasteiger partial charge in [-0.3, -0.25) is 4.84 Å². The van der Waals surface area contributed by atoms with Gasteiger partial charge in [-0.15, -0.1) is 0 Å². The average Bonchev–Trinajstić information content (AvgIpc) is 2.59. The third-order valence-electron chi connectivity index (χ3n) is 2.03. The van der Waals surface area contributed by atoms with Gasteiger partial charge >= 0.3 is 12.1 Å². The normalized spacial score (nSPS) is 25.9. The maximum Gasteiger partial charge on any atom is 0.413 e. The fourth-order valence-electron chi connectivity index (χ4n) is 1.32. The van der Waals surface area contributed by atoms with Gasteiger partial charge in [-0.25, -0.2) is 4.79 Å². The van der Waals surface area contributed by atoms with Crippen molar-refractivity contribution in [2.75, 3.05) is 13.2 Å². The van der Waals surface area contributed by atoms with E-state index in [1.807, 2.05) is 0 Å². The molecule has 2 atom stereocenters. The molecule has 1 aliphatic heterocycles. The van der Waals surface area contributed by atoms with E-state index in [0.717, 1.165) is 0 Å². The molecule has 0 radical (unpaired) electrons. The molecule has 2 unspecified atom stereocenters. The van der Waals surface area contributed by atoms with Crippen LogP contribution in [-0.4, -0.2) is 42.6 Å². The van der Waals surface area contributed by atoms with Gasteiger partial charge in [0.05, 0.1) is 6.10 Å². The third kappa shape index (κ3) is 4.77. The number of halogens is 3. The molecule has 1 heterocycles. The minimum Gasteiger partial charge on any atom is -0.479 e. The van der Waals surface area contributed by atoms with Crippen LogP contribution in [0.15, 0.2) is 0 Å². The first kappa shape index (κ1) is 13.2. The number of carbonyl (C=O) groups is 1. The Kier molecular flexibility index (Phi) is 4.51. The van der Waals surface area contributed by atoms with Crippen LogP contribution >= 0.6 is 0 Å². The van der Waals surface area contributed by atoms with Crippen LogP contribution in [0.4, 0.5) is 13.2 Å². The Morgan fingerprint density at radius 2 is 2.19 bits per heavy atom. The quantitative estimate of drug-likeness (QED) is 0.549. The van der Waals surface area contributed by atoms with Gasteiger partial charge in [-0.05, 0) is 12.8 Å². The van der Waals surface area contributed by atoms with Gasteiger partial charge in [0.25, 0.3) is 0 Å². The topological polar surface area (TPSA) is 67.8 Å². The molecule has 0 aromatic heterocycles. The van der Waals surface area contributed by atoms with Crippen LogP contribution < -0.4 is 5.48 Å². The molecule has 0 aliphatic carbocycles. The van der Waals surface area contributed by atoms with Gasteiger partial charge < -0.3 is 9.84 Å². The van der Waals surface area contributed by atoms with E-state index in [2.05, 4.69) is 10.3 Å². The van der Waals surface area contributed by atoms with Gasteiger partial charge in [0, 0.05) is 6.54 Å². The van der Waals surface area contributed by atoms with Crippen molar-refractivity contribution in [2.24, 2.45) is 0 Å². The van der Waals surface area contributed by atoms with E-state index in [0.29, 0.717) is 12.8 Å². The summed E-state index contributed by atoms with van der Waals surface area (Å²) in [4.78, 5) is 14.6. The van der Waals surface area contributed by atoms with Crippen LogP contribution in [0.5, 0.6) is 0 Å². The van der Waals surface area contributed by atoms with Gasteiger partial charge in [0.2, 0.25) is 0 Å². The first-order valence-corrected chi connectivity index (χ1v) is 4.68. The van der Waals surface area contributed by atoms with Crippen molar-refractivity contribution in [3.63, 3.8) is 0 Å². The molecule has 5 nitrogen and oxygen atoms in total. The third-order valence-corrected chi connectivity index (χ3v) is 2.03. The summed E-state index contributed by atoms with van der Waals surface area (Å²) in [6, 6.07) is 0. The fourth-order valence-corrected chi connectivity index (χ4v) is 1.32. The zero-order chi connectivity index (χ0) is 12.2. The van der Waals surface area contributed by atoms with Gasteiger partial charge in [-0.1, -0.05) is 0 Å². The Labute approximate surface area is 89.5 Å². The van der Waals surface area contributed by atoms with Crippen molar-refractivity contribution in [1.29, 1.82) is 0 Å². The lowest BCUT2D eigenvalue weighted by atomic mass is 10.2. The SMILES string of the molecule is O=C(O)C1CCC(CNOCC(F)(F)F)O1. The second-order valence-electron chi connectivity index (χ2n) is 3.41. The predicted molar refractivity (Wildman–Crippen MR) is 45.5 cm³/mol. The molecule has 0 saturated carbocycles. The number of nitrogens with one attached hydrogen (secondary N) is 1. The number of ether oxygens (including phenoxy) is 1. The van der Waals surface area contributed by atoms with Gasteiger partial charge in [0.15, 0.2) is 12.7 Å². The average molecular weight is 243 g/mol. The second-order valence-corrected chi connectivity index (χ2v) is 3.41. The predicted octanol–water partition coefficient (Wildman–Crippen LogP) is 0.702. The van der Waals surface area contributed by atoms with Crippen LogP contribution in [0.3, 0.4) is 0 Å². The zero-order valence-corrected chi connectivity index (χ0v) is 8.29. The molecule has 8 heteroatoms. The lowest BCUT2D eigenvalue weighted by Gasteiger charge is -2.13. The summed E-state index contributed by atoms with van der Waals surface area (Å²) in [5.41, 5.74) is 2.11. The lowest BCUT2D eigenvalue weighted by molar-refractivity contribution is -0.191. The van der Waals surface area contributed by atoms with Crippen molar-refractivity contribution in [3.8, 4) is 0 Å². The molecule has 0 amide bonds. The summed E-state index contributed by atoms with van der Waals surface area (Å²) in [6.07, 6.45) is -4.82. The molecule has 2 N–H and O–H groups in total. The molecule has 1 aliphatic rings. The summed E-state index contributed by atoms with van der Waals surface area (Å²) in [6.45, 7) is -1.35. The molecule has 1 fully saturated rings. The van der Waals surface area contributed by atoms with E-state index in [4.69, 9.17) is 9.84 Å². The standard InChI is InChI=1S/C8H12F3NO4/c9-8(10,11)4-15-12-3-5-1-2-6(16-5)7(13)14/h5-6,12H,1-4H2,(H,13,14). The maximum absolute atomic E-state index is 11.7. The Hall–Kier alpha value is -0.860. The van der Waals surface area contributed by atoms with E-state index < -0.39 is 31.0 Å². The smallest absolute Gasteiger partial charge is 0.413 e. The number of hydrogen-bond donors (Lipinski definition) is 2. The van der Waals surface area contributed by atoms with Crippen LogP contribution in [0.1, 0.15) is 12.8 Å². The number of rotatable bonds is 5. The van der Waals surface area contributed by atoms with E-state index in [9.17, 15) is 18.0 Å². The fraction of sp³-hybridized carbons (Fsp3) is 0.875. The Bertz CT molecular complexity index is 246. The summed E-state index contributed by atoms with van der Waals surface area (Å²) >= 11 is 0. The Morgan fingerprint density at radius 1 is 1.50 bits per heavy atom. The molecular formula is C8H12F3NO4. The van der Waals surface area contributed by atoms with Crippen molar-refractivity contribution >= 4 is 5.97 Å². The monoisotopic (exact) mass is 243 g/mol. The van der Waals surface area contributed by atoms with Crippen LogP contribution in [0.25, 0.3) is 0 Å². The number of aliphatic carboxylic acids is 1. The van der Waals surface area contributed by atoms with Crippen molar-refractivity contribution in [1.82, 2.24) is 5.48 Å². The molecule has 16 heavy (non-hydrogen) atoms. The molecule has 1 rings (SSSR count). The number of carboxylic acids is 1. The number of alkyl halides is 3. The number of hydroxylamine groups is 1. The van der Waals surface area contributed by atoms with E-state index in [1.165, 1.54) is 0 Å². The minimum atomic E-state index is -4.38. The van der Waals surface area contributed by atoms with Crippen LogP contribution in [0.2, 0.25) is 0 Å². The molecule has 0 aromatic carbocycles. The second kappa shape index (κ2) is 5.46. The van der Waals surface area contributed by atoms with E-state index in [1.54, 1.807) is 0 Å². The first-order valence-electron chi connectivity index (χ1n) is 4.68. The highest BCUT2D eigenvalue weighted by Crippen LogP contribution is 2.19. The highest BCUT2D eigenvalue weighted by Gasteiger charge is 2.31. The zero-order valence-electron chi connectivity index (χ0n) is 8.29. The minimum absolute atomic E-state index is 0.0415. The Balaban J connectivity index is 2.09. The molecule has 0 aromatic rings. The summed E-state index contributed by atoms with van der Waals surface area (Å²) in [5.74, 6) is -1.06. The molecular weight excluding hydrogens is 231 g/mol. The summed E-state index contributed by atoms with van der Waals surface area (Å²) in [7, 11) is 0. The van der Waals surface area contributed by atoms with E-state index >= 15 is 0 Å². The summed E-state index contributed by atoms with van der Waals surface area (Å²) in [5, 5.41) is 8.58. The maximum atomic E-state index is 11.7. The van der Waals surface area contributed by atoms with Crippen LogP contribution in [0, 0.1) is 0 Å². The Morgan fingerprint density at radius 3 is 2.69 bits per heavy atom. The largest absolute Gasteiger partial charge is 0.479 e. The molecule has 1 saturated heterocycles. The molecule has 0 spiro atoms. The molecule has 0 bridgehead atoms. The number of carboxylic acid groups (broad SMARTS) is 1. The van der Waals surface area contributed by atoms with E-state index in [-0.39, 0.29) is 6.54 Å². The van der Waals surface area contributed by atoms with Crippen LogP contribution in [-0.2, 0) is 14.4 Å². The molecule has 94 valence electrons. The van der Waals surface area contributed by atoms with Gasteiger partial charge in [0.1, 0.15) is 0 Å². The highest BCUT2D eigenvalue weighted by atomic mass is 19.4. The highest BCUT2D eigenvalue weighted by molar-refractivity contribution is 5.72.